The molecule has 1 aromatic rings. The molecule has 0 aliphatic carbocycles. The number of aliphatic imine (C=N–C) groups is 1. The Hall–Kier alpha value is -0.460. The second-order valence-electron chi connectivity index (χ2n) is 7.46. The molecule has 0 aromatic carbocycles. The van der Waals surface area contributed by atoms with E-state index in [1.165, 1.54) is 4.88 Å². The number of nitrogens with one attached hydrogen (secondary N) is 2. The Labute approximate surface area is 190 Å². The molecule has 2 heterocycles. The van der Waals surface area contributed by atoms with Crippen LogP contribution in [0, 0.1) is 0 Å². The predicted octanol–water partition coefficient (Wildman–Crippen LogP) is 1.61. The molecule has 162 valence electrons. The first kappa shape index (κ1) is 25.6. The first-order valence-corrected chi connectivity index (χ1v) is 10.5. The number of thiophene rings is 1. The molecule has 1 aliphatic heterocycles. The van der Waals surface area contributed by atoms with Gasteiger partial charge >= 0.3 is 0 Å². The third-order valence-corrected chi connectivity index (χ3v) is 5.52. The standard InChI is InChI=1S/C19H35N5O2S.HI/c1-5-20-18(21-13-16(23(3)4)17-7-6-12-27-17)22-14-19(2,25)15-24-8-10-26-11-9-24;/h6-7,12,16,25H,5,8-11,13-15H2,1-4H3,(H2,20,21,22);1H. The number of β-amino-alcohol motifs (C(OH)–C–C–N with tert-alkyl or cyclic N) is 1. The van der Waals surface area contributed by atoms with E-state index in [0.29, 0.717) is 13.1 Å². The Morgan fingerprint density at radius 2 is 2.11 bits per heavy atom. The second kappa shape index (κ2) is 13.0. The van der Waals surface area contributed by atoms with Crippen molar-refractivity contribution >= 4 is 41.3 Å². The summed E-state index contributed by atoms with van der Waals surface area (Å²) in [5.74, 6) is 0.739. The topological polar surface area (TPSA) is 72.4 Å². The number of morpholine rings is 1. The lowest BCUT2D eigenvalue weighted by atomic mass is 10.1. The second-order valence-corrected chi connectivity index (χ2v) is 8.44. The molecule has 0 bridgehead atoms. The van der Waals surface area contributed by atoms with E-state index in [1.807, 2.05) is 13.8 Å². The number of hydrogen-bond acceptors (Lipinski definition) is 6. The van der Waals surface area contributed by atoms with Crippen LogP contribution in [0.25, 0.3) is 0 Å². The summed E-state index contributed by atoms with van der Waals surface area (Å²) >= 11 is 1.76. The molecular formula is C19H36IN5O2S. The van der Waals surface area contributed by atoms with Crippen LogP contribution in [0.2, 0.25) is 0 Å². The van der Waals surface area contributed by atoms with Gasteiger partial charge in [0.2, 0.25) is 0 Å². The van der Waals surface area contributed by atoms with Crippen LogP contribution < -0.4 is 10.6 Å². The minimum Gasteiger partial charge on any atom is -0.387 e. The molecule has 2 unspecified atom stereocenters. The van der Waals surface area contributed by atoms with Gasteiger partial charge in [-0.25, -0.2) is 0 Å². The van der Waals surface area contributed by atoms with E-state index >= 15 is 0 Å². The van der Waals surface area contributed by atoms with Gasteiger partial charge in [-0.1, -0.05) is 6.07 Å². The number of halogens is 1. The molecular weight excluding hydrogens is 489 g/mol. The molecule has 0 spiro atoms. The third kappa shape index (κ3) is 8.91. The van der Waals surface area contributed by atoms with Crippen LogP contribution in [0.5, 0.6) is 0 Å². The molecule has 3 N–H and O–H groups in total. The molecule has 2 rings (SSSR count). The summed E-state index contributed by atoms with van der Waals surface area (Å²) in [6, 6.07) is 4.52. The Morgan fingerprint density at radius 1 is 1.39 bits per heavy atom. The number of ether oxygens (including phenoxy) is 1. The number of aliphatic hydroxyl groups is 1. The zero-order valence-electron chi connectivity index (χ0n) is 17.5. The first-order valence-electron chi connectivity index (χ1n) is 9.66. The summed E-state index contributed by atoms with van der Waals surface area (Å²) in [4.78, 5) is 10.4. The maximum Gasteiger partial charge on any atom is 0.191 e. The molecule has 2 atom stereocenters. The minimum atomic E-state index is -0.867. The maximum atomic E-state index is 10.7. The normalized spacial score (nSPS) is 19.0. The summed E-state index contributed by atoms with van der Waals surface area (Å²) in [5.41, 5.74) is -0.867. The fourth-order valence-corrected chi connectivity index (χ4v) is 4.02. The highest BCUT2D eigenvalue weighted by molar-refractivity contribution is 14.0. The van der Waals surface area contributed by atoms with Crippen molar-refractivity contribution < 1.29 is 9.84 Å². The Balaban J connectivity index is 0.00000392. The SMILES string of the molecule is CCNC(=NCC(C)(O)CN1CCOCC1)NCC(c1cccs1)N(C)C.I. The fourth-order valence-electron chi connectivity index (χ4n) is 3.09. The Kier molecular flexibility index (Phi) is 11.8. The van der Waals surface area contributed by atoms with Gasteiger partial charge in [0.25, 0.3) is 0 Å². The van der Waals surface area contributed by atoms with Crippen LogP contribution in [-0.4, -0.2) is 93.0 Å². The predicted molar refractivity (Wildman–Crippen MR) is 128 cm³/mol. The molecule has 1 aliphatic rings. The van der Waals surface area contributed by atoms with Crippen LogP contribution in [0.3, 0.4) is 0 Å². The monoisotopic (exact) mass is 525 g/mol. The quantitative estimate of drug-likeness (QED) is 0.259. The van der Waals surface area contributed by atoms with E-state index in [1.54, 1.807) is 11.3 Å². The maximum absolute atomic E-state index is 10.7. The highest BCUT2D eigenvalue weighted by Crippen LogP contribution is 2.22. The van der Waals surface area contributed by atoms with E-state index in [4.69, 9.17) is 4.74 Å². The number of likely N-dealkylation sites (N-methyl/N-ethyl adjacent to an activating group) is 1. The van der Waals surface area contributed by atoms with Crippen molar-refractivity contribution in [2.75, 3.05) is 66.6 Å². The van der Waals surface area contributed by atoms with E-state index < -0.39 is 5.60 Å². The lowest BCUT2D eigenvalue weighted by molar-refractivity contribution is -0.0180. The Bertz CT molecular complexity index is 563. The zero-order chi connectivity index (χ0) is 19.7. The van der Waals surface area contributed by atoms with Crippen molar-refractivity contribution in [3.05, 3.63) is 22.4 Å². The smallest absolute Gasteiger partial charge is 0.191 e. The third-order valence-electron chi connectivity index (χ3n) is 4.55. The van der Waals surface area contributed by atoms with Crippen LogP contribution in [0.15, 0.2) is 22.5 Å². The van der Waals surface area contributed by atoms with Gasteiger partial charge in [-0.3, -0.25) is 9.89 Å². The van der Waals surface area contributed by atoms with Gasteiger partial charge in [-0.05, 0) is 39.4 Å². The zero-order valence-corrected chi connectivity index (χ0v) is 20.6. The summed E-state index contributed by atoms with van der Waals surface area (Å²) in [7, 11) is 4.17. The van der Waals surface area contributed by atoms with Gasteiger partial charge in [0, 0.05) is 37.6 Å². The summed E-state index contributed by atoms with van der Waals surface area (Å²) in [6.07, 6.45) is 0. The summed E-state index contributed by atoms with van der Waals surface area (Å²) < 4.78 is 5.37. The fraction of sp³-hybridized carbons (Fsp3) is 0.737. The molecule has 0 amide bonds. The van der Waals surface area contributed by atoms with Crippen LogP contribution in [0.4, 0.5) is 0 Å². The van der Waals surface area contributed by atoms with E-state index in [0.717, 1.165) is 45.4 Å². The number of rotatable bonds is 9. The first-order chi connectivity index (χ1) is 12.9. The van der Waals surface area contributed by atoms with Crippen molar-refractivity contribution in [1.82, 2.24) is 20.4 Å². The van der Waals surface area contributed by atoms with E-state index in [2.05, 4.69) is 57.0 Å². The van der Waals surface area contributed by atoms with Crippen molar-refractivity contribution in [3.63, 3.8) is 0 Å². The number of nitrogens with zero attached hydrogens (tertiary/aromatic N) is 3. The molecule has 28 heavy (non-hydrogen) atoms. The van der Waals surface area contributed by atoms with E-state index in [-0.39, 0.29) is 30.0 Å². The average molecular weight is 526 g/mol. The minimum absolute atomic E-state index is 0. The highest BCUT2D eigenvalue weighted by atomic mass is 127. The van der Waals surface area contributed by atoms with Gasteiger partial charge in [0.05, 0.1) is 31.4 Å². The van der Waals surface area contributed by atoms with Crippen LogP contribution >= 0.6 is 35.3 Å². The van der Waals surface area contributed by atoms with Gasteiger partial charge < -0.3 is 25.4 Å². The van der Waals surface area contributed by atoms with Gasteiger partial charge in [-0.15, -0.1) is 35.3 Å². The number of guanidine groups is 1. The largest absolute Gasteiger partial charge is 0.387 e. The lowest BCUT2D eigenvalue weighted by Crippen LogP contribution is -2.48. The summed E-state index contributed by atoms with van der Waals surface area (Å²) in [6.45, 7) is 9.59. The molecule has 1 saturated heterocycles. The number of hydrogen-bond donors (Lipinski definition) is 3. The van der Waals surface area contributed by atoms with Crippen molar-refractivity contribution in [2.45, 2.75) is 25.5 Å². The van der Waals surface area contributed by atoms with Gasteiger partial charge in [0.15, 0.2) is 5.96 Å². The van der Waals surface area contributed by atoms with E-state index in [9.17, 15) is 5.11 Å². The molecule has 1 fully saturated rings. The molecule has 0 radical (unpaired) electrons. The van der Waals surface area contributed by atoms with Crippen LogP contribution in [-0.2, 0) is 4.74 Å². The van der Waals surface area contributed by atoms with Crippen molar-refractivity contribution in [3.8, 4) is 0 Å². The molecule has 9 heteroatoms. The van der Waals surface area contributed by atoms with Crippen LogP contribution in [0.1, 0.15) is 24.8 Å². The van der Waals surface area contributed by atoms with Gasteiger partial charge in [-0.2, -0.15) is 0 Å². The summed E-state index contributed by atoms with van der Waals surface area (Å²) in [5, 5.41) is 19.6. The Morgan fingerprint density at radius 3 is 2.68 bits per heavy atom. The van der Waals surface area contributed by atoms with Crippen molar-refractivity contribution in [2.24, 2.45) is 4.99 Å². The molecule has 7 nitrogen and oxygen atoms in total. The highest BCUT2D eigenvalue weighted by Gasteiger charge is 2.25. The molecule has 0 saturated carbocycles. The lowest BCUT2D eigenvalue weighted by Gasteiger charge is -2.33. The average Bonchev–Trinajstić information content (AvgIpc) is 3.14. The van der Waals surface area contributed by atoms with Gasteiger partial charge in [0.1, 0.15) is 0 Å². The van der Waals surface area contributed by atoms with Crippen molar-refractivity contribution in [1.29, 1.82) is 0 Å². The molecule has 1 aromatic heterocycles.